The number of sulfonamides is 1. The lowest BCUT2D eigenvalue weighted by atomic mass is 10.3. The molecule has 1 aromatic carbocycles. The zero-order valence-electron chi connectivity index (χ0n) is 11.1. The quantitative estimate of drug-likeness (QED) is 0.609. The van der Waals surface area contributed by atoms with E-state index in [-0.39, 0.29) is 23.7 Å². The molecule has 0 fully saturated rings. The van der Waals surface area contributed by atoms with Gasteiger partial charge in [0.15, 0.2) is 0 Å². The van der Waals surface area contributed by atoms with E-state index in [9.17, 15) is 12.8 Å². The second kappa shape index (κ2) is 6.83. The third-order valence-corrected chi connectivity index (χ3v) is 4.71. The molecule has 0 aromatic heterocycles. The van der Waals surface area contributed by atoms with Crippen LogP contribution < -0.4 is 5.73 Å². The van der Waals surface area contributed by atoms with E-state index in [4.69, 9.17) is 10.5 Å². The molecule has 0 unspecified atom stereocenters. The molecule has 0 spiro atoms. The lowest BCUT2D eigenvalue weighted by Crippen LogP contribution is -2.34. The summed E-state index contributed by atoms with van der Waals surface area (Å²) in [6.07, 6.45) is 0. The van der Waals surface area contributed by atoms with Crippen molar-refractivity contribution in [2.24, 2.45) is 0 Å². The first kappa shape index (κ1) is 15.9. The molecule has 1 rings (SSSR count). The van der Waals surface area contributed by atoms with Crippen LogP contribution in [0.2, 0.25) is 0 Å². The number of ether oxygens (including phenoxy) is 1. The largest absolute Gasteiger partial charge is 0.395 e. The Morgan fingerprint density at radius 1 is 1.37 bits per heavy atom. The van der Waals surface area contributed by atoms with Gasteiger partial charge in [0.1, 0.15) is 10.7 Å². The van der Waals surface area contributed by atoms with Crippen LogP contribution in [-0.2, 0) is 14.8 Å². The second-order valence-electron chi connectivity index (χ2n) is 3.85. The Balaban J connectivity index is 3.03. The van der Waals surface area contributed by atoms with Crippen molar-refractivity contribution < 1.29 is 17.5 Å². The summed E-state index contributed by atoms with van der Waals surface area (Å²) >= 11 is 0. The number of hydrogen-bond acceptors (Lipinski definition) is 4. The normalized spacial score (nSPS) is 12.0. The predicted molar refractivity (Wildman–Crippen MR) is 71.7 cm³/mol. The average Bonchev–Trinajstić information content (AvgIpc) is 2.37. The van der Waals surface area contributed by atoms with Crippen LogP contribution >= 0.6 is 0 Å². The molecule has 0 atom stereocenters. The van der Waals surface area contributed by atoms with Crippen molar-refractivity contribution in [1.29, 1.82) is 0 Å². The van der Waals surface area contributed by atoms with Crippen molar-refractivity contribution in [3.63, 3.8) is 0 Å². The van der Waals surface area contributed by atoms with Crippen molar-refractivity contribution in [2.45, 2.75) is 18.7 Å². The van der Waals surface area contributed by atoms with E-state index in [2.05, 4.69) is 0 Å². The average molecular weight is 290 g/mol. The molecule has 5 nitrogen and oxygen atoms in total. The fourth-order valence-corrected chi connectivity index (χ4v) is 3.20. The second-order valence-corrected chi connectivity index (χ2v) is 5.75. The highest BCUT2D eigenvalue weighted by atomic mass is 32.2. The summed E-state index contributed by atoms with van der Waals surface area (Å²) < 4.78 is 44.4. The molecule has 7 heteroatoms. The van der Waals surface area contributed by atoms with Crippen LogP contribution in [0.1, 0.15) is 13.8 Å². The minimum absolute atomic E-state index is 0.203. The number of para-hydroxylation sites is 1. The van der Waals surface area contributed by atoms with Gasteiger partial charge in [-0.15, -0.1) is 0 Å². The summed E-state index contributed by atoms with van der Waals surface area (Å²) in [7, 11) is -3.80. The lowest BCUT2D eigenvalue weighted by Gasteiger charge is -2.21. The van der Waals surface area contributed by atoms with Gasteiger partial charge in [0.25, 0.3) is 0 Å². The maximum Gasteiger partial charge on any atom is 0.245 e. The zero-order chi connectivity index (χ0) is 14.5. The highest BCUT2D eigenvalue weighted by Crippen LogP contribution is 2.24. The van der Waals surface area contributed by atoms with Crippen molar-refractivity contribution in [3.05, 3.63) is 24.0 Å². The number of nitrogens with two attached hydrogens (primary N) is 1. The first-order chi connectivity index (χ1) is 8.95. The fourth-order valence-electron chi connectivity index (χ4n) is 1.64. The molecule has 0 saturated heterocycles. The molecule has 0 saturated carbocycles. The standard InChI is InChI=1S/C12H19FN2O3S/c1-3-15(8-9-18-4-2)19(16,17)11-7-5-6-10(13)12(11)14/h5-7H,3-4,8-9,14H2,1-2H3. The van der Waals surface area contributed by atoms with Gasteiger partial charge in [-0.2, -0.15) is 4.31 Å². The number of benzene rings is 1. The molecule has 0 heterocycles. The van der Waals surface area contributed by atoms with E-state index in [1.165, 1.54) is 16.4 Å². The summed E-state index contributed by atoms with van der Waals surface area (Å²) in [6.45, 7) is 4.82. The van der Waals surface area contributed by atoms with Crippen LogP contribution in [0.15, 0.2) is 23.1 Å². The minimum atomic E-state index is -3.80. The van der Waals surface area contributed by atoms with Crippen LogP contribution in [0.5, 0.6) is 0 Å². The van der Waals surface area contributed by atoms with E-state index in [0.717, 1.165) is 6.07 Å². The molecule has 0 amide bonds. The molecule has 0 radical (unpaired) electrons. The summed E-state index contributed by atoms with van der Waals surface area (Å²) in [4.78, 5) is -0.203. The first-order valence-electron chi connectivity index (χ1n) is 6.07. The summed E-state index contributed by atoms with van der Waals surface area (Å²) in [5.74, 6) is -0.734. The molecule has 19 heavy (non-hydrogen) atoms. The monoisotopic (exact) mass is 290 g/mol. The summed E-state index contributed by atoms with van der Waals surface area (Å²) in [5.41, 5.74) is 5.15. The number of nitrogens with zero attached hydrogens (tertiary/aromatic N) is 1. The van der Waals surface area contributed by atoms with E-state index in [0.29, 0.717) is 13.2 Å². The van der Waals surface area contributed by atoms with E-state index >= 15 is 0 Å². The lowest BCUT2D eigenvalue weighted by molar-refractivity contribution is 0.135. The van der Waals surface area contributed by atoms with E-state index < -0.39 is 15.8 Å². The van der Waals surface area contributed by atoms with Gasteiger partial charge >= 0.3 is 0 Å². The van der Waals surface area contributed by atoms with Crippen LogP contribution in [-0.4, -0.2) is 39.0 Å². The minimum Gasteiger partial charge on any atom is -0.395 e. The third kappa shape index (κ3) is 3.65. The zero-order valence-corrected chi connectivity index (χ0v) is 11.9. The highest BCUT2D eigenvalue weighted by Gasteiger charge is 2.26. The molecule has 0 aliphatic carbocycles. The first-order valence-corrected chi connectivity index (χ1v) is 7.51. The predicted octanol–water partition coefficient (Wildman–Crippen LogP) is 1.45. The van der Waals surface area contributed by atoms with Crippen LogP contribution in [0.25, 0.3) is 0 Å². The molecule has 2 N–H and O–H groups in total. The number of halogens is 1. The Morgan fingerprint density at radius 3 is 2.63 bits per heavy atom. The van der Waals surface area contributed by atoms with Gasteiger partial charge < -0.3 is 10.5 Å². The van der Waals surface area contributed by atoms with Gasteiger partial charge in [-0.1, -0.05) is 13.0 Å². The van der Waals surface area contributed by atoms with Gasteiger partial charge in [-0.05, 0) is 19.1 Å². The van der Waals surface area contributed by atoms with Gasteiger partial charge in [0, 0.05) is 19.7 Å². The summed E-state index contributed by atoms with van der Waals surface area (Å²) in [5, 5.41) is 0. The van der Waals surface area contributed by atoms with Gasteiger partial charge in [-0.3, -0.25) is 0 Å². The number of anilines is 1. The molecule has 0 aliphatic rings. The van der Waals surface area contributed by atoms with Crippen molar-refractivity contribution in [1.82, 2.24) is 4.31 Å². The fraction of sp³-hybridized carbons (Fsp3) is 0.500. The van der Waals surface area contributed by atoms with Gasteiger partial charge in [0.2, 0.25) is 10.0 Å². The molecule has 108 valence electrons. The third-order valence-electron chi connectivity index (χ3n) is 2.67. The van der Waals surface area contributed by atoms with Crippen LogP contribution in [0.3, 0.4) is 0 Å². The molecule has 0 aliphatic heterocycles. The Bertz CT molecular complexity index is 520. The smallest absolute Gasteiger partial charge is 0.245 e. The Kier molecular flexibility index (Phi) is 5.71. The van der Waals surface area contributed by atoms with Crippen LogP contribution in [0.4, 0.5) is 10.1 Å². The Morgan fingerprint density at radius 2 is 2.05 bits per heavy atom. The summed E-state index contributed by atoms with van der Waals surface area (Å²) in [6, 6.07) is 3.76. The van der Waals surface area contributed by atoms with E-state index in [1.807, 2.05) is 6.92 Å². The van der Waals surface area contributed by atoms with Crippen LogP contribution in [0, 0.1) is 5.82 Å². The highest BCUT2D eigenvalue weighted by molar-refractivity contribution is 7.89. The van der Waals surface area contributed by atoms with Crippen molar-refractivity contribution in [3.8, 4) is 0 Å². The molecular weight excluding hydrogens is 271 g/mol. The number of hydrogen-bond donors (Lipinski definition) is 1. The molecule has 1 aromatic rings. The Hall–Kier alpha value is -1.18. The van der Waals surface area contributed by atoms with Gasteiger partial charge in [-0.25, -0.2) is 12.8 Å². The van der Waals surface area contributed by atoms with Crippen molar-refractivity contribution >= 4 is 15.7 Å². The number of rotatable bonds is 7. The van der Waals surface area contributed by atoms with Gasteiger partial charge in [0.05, 0.1) is 12.3 Å². The Labute approximate surface area is 113 Å². The molecule has 0 bridgehead atoms. The number of nitrogen functional groups attached to an aromatic ring is 1. The van der Waals surface area contributed by atoms with E-state index in [1.54, 1.807) is 6.92 Å². The maximum atomic E-state index is 13.4. The number of likely N-dealkylation sites (N-methyl/N-ethyl adjacent to an activating group) is 1. The topological polar surface area (TPSA) is 72.6 Å². The van der Waals surface area contributed by atoms with Crippen molar-refractivity contribution in [2.75, 3.05) is 32.0 Å². The SMILES string of the molecule is CCOCCN(CC)S(=O)(=O)c1cccc(F)c1N. The molecular formula is C12H19FN2O3S. The maximum absolute atomic E-state index is 13.4.